The summed E-state index contributed by atoms with van der Waals surface area (Å²) in [5.41, 5.74) is 0. The third-order valence-corrected chi connectivity index (χ3v) is 20.4. The zero-order chi connectivity index (χ0) is 40.7. The van der Waals surface area contributed by atoms with Crippen LogP contribution >= 0.6 is 50.7 Å². The van der Waals surface area contributed by atoms with Crippen molar-refractivity contribution in [3.8, 4) is 0 Å². The molecule has 0 nitrogen and oxygen atoms in total. The summed E-state index contributed by atoms with van der Waals surface area (Å²) >= 11 is -0.106. The molecule has 0 aliphatic carbocycles. The fraction of sp³-hybridized carbons (Fsp3) is 0.0769. The minimum Gasteiger partial charge on any atom is -0.0622 e. The van der Waals surface area contributed by atoms with Crippen molar-refractivity contribution in [3.05, 3.63) is 243 Å². The van der Waals surface area contributed by atoms with Crippen LogP contribution in [0, 0.1) is 0 Å². The molecule has 7 heteroatoms. The molecule has 0 heterocycles. The third-order valence-electron chi connectivity index (χ3n) is 9.64. The molecule has 0 atom stereocenters. The van der Waals surface area contributed by atoms with Crippen LogP contribution in [0.5, 0.6) is 0 Å². The molecular weight excluding hydrogens is 926 g/mol. The Kier molecular flexibility index (Phi) is 20.1. The van der Waals surface area contributed by atoms with Gasteiger partial charge in [-0.2, -0.15) is 0 Å². The predicted molar refractivity (Wildman–Crippen MR) is 267 cm³/mol. The van der Waals surface area contributed by atoms with Crippen molar-refractivity contribution in [2.45, 2.75) is 0 Å². The van der Waals surface area contributed by atoms with Gasteiger partial charge >= 0.3 is 35.0 Å². The largest absolute Gasteiger partial charge is 0.0622 e. The van der Waals surface area contributed by atoms with Gasteiger partial charge < -0.3 is 0 Å². The summed E-state index contributed by atoms with van der Waals surface area (Å²) in [4.78, 5) is 0. The first kappa shape index (κ1) is 45.3. The molecule has 8 rings (SSSR count). The van der Waals surface area contributed by atoms with Crippen molar-refractivity contribution < 1.29 is 15.9 Å². The van der Waals surface area contributed by atoms with E-state index in [4.69, 9.17) is 19.1 Å². The average Bonchev–Trinajstić information content (AvgIpc) is 3.32. The van der Waals surface area contributed by atoms with E-state index >= 15 is 0 Å². The van der Waals surface area contributed by atoms with Gasteiger partial charge in [-0.25, -0.2) is 0 Å². The predicted octanol–water partition coefficient (Wildman–Crippen LogP) is 11.9. The Labute approximate surface area is 373 Å². The van der Waals surface area contributed by atoms with E-state index in [9.17, 15) is 0 Å². The molecule has 0 bridgehead atoms. The van der Waals surface area contributed by atoms with E-state index in [1.54, 1.807) is 0 Å². The van der Waals surface area contributed by atoms with Crippen LogP contribution in [0.1, 0.15) is 0 Å². The minimum atomic E-state index is -0.348. The topological polar surface area (TPSA) is 0 Å². The quantitative estimate of drug-likeness (QED) is 0.0752. The van der Waals surface area contributed by atoms with Crippen molar-refractivity contribution in [2.75, 3.05) is 24.6 Å². The van der Waals surface area contributed by atoms with Gasteiger partial charge in [0.15, 0.2) is 0 Å². The molecule has 300 valence electrons. The van der Waals surface area contributed by atoms with Crippen molar-refractivity contribution in [2.24, 2.45) is 0 Å². The van der Waals surface area contributed by atoms with Gasteiger partial charge in [-0.05, 0) is 98.8 Å². The van der Waals surface area contributed by atoms with E-state index in [0.717, 1.165) is 0 Å². The van der Waals surface area contributed by atoms with E-state index in [1.165, 1.54) is 67.1 Å². The first-order chi connectivity index (χ1) is 29.2. The molecule has 0 aromatic heterocycles. The normalized spacial score (nSPS) is 10.9. The fourth-order valence-corrected chi connectivity index (χ4v) is 17.6. The molecule has 0 N–H and O–H groups in total. The molecule has 0 aliphatic heterocycles. The van der Waals surface area contributed by atoms with Crippen LogP contribution in [0.25, 0.3) is 0 Å². The Hall–Kier alpha value is -3.28. The summed E-state index contributed by atoms with van der Waals surface area (Å²) < 4.78 is 0. The molecule has 8 aromatic rings. The van der Waals surface area contributed by atoms with Crippen LogP contribution in [0.2, 0.25) is 0 Å². The van der Waals surface area contributed by atoms with Crippen LogP contribution < -0.4 is 42.4 Å². The van der Waals surface area contributed by atoms with E-state index < -0.39 is 0 Å². The van der Waals surface area contributed by atoms with Crippen LogP contribution in [0.15, 0.2) is 243 Å². The summed E-state index contributed by atoms with van der Waals surface area (Å²) in [7, 11) is 8.24. The molecule has 0 saturated carbocycles. The van der Waals surface area contributed by atoms with Crippen molar-refractivity contribution in [1.29, 1.82) is 0 Å². The number of rotatable bonds is 14. The summed E-state index contributed by atoms with van der Waals surface area (Å²) in [5, 5.41) is 11.8. The molecule has 0 unspecified atom stereocenters. The molecule has 8 aromatic carbocycles. The maximum absolute atomic E-state index is 4.81. The number of benzene rings is 8. The minimum absolute atomic E-state index is 0.106. The monoisotopic (exact) mass is 972 g/mol. The van der Waals surface area contributed by atoms with E-state index in [-0.39, 0.29) is 47.6 Å². The molecular formula is C52H48Cl2P4Pd. The molecule has 0 aliphatic rings. The molecule has 0 radical (unpaired) electrons. The second kappa shape index (κ2) is 26.1. The standard InChI is InChI=1S/2C26H24P2.2ClH.Pd/c2*1-5-13-23(14-6-1)27(24-15-7-2-8-16-24)21-22-28(25-17-9-3-10-18-25)26-19-11-4-12-20-26;;;/h2*1-20H,21-22H2;2*1H;/q;;;;+2/p-2. The summed E-state index contributed by atoms with van der Waals surface area (Å²) in [6, 6.07) is 88.4. The van der Waals surface area contributed by atoms with Gasteiger partial charge in [0.1, 0.15) is 0 Å². The van der Waals surface area contributed by atoms with Crippen molar-refractivity contribution in [1.82, 2.24) is 0 Å². The molecule has 0 spiro atoms. The average molecular weight is 974 g/mol. The maximum atomic E-state index is 4.81. The second-order valence-electron chi connectivity index (χ2n) is 13.3. The Morgan fingerprint density at radius 1 is 0.220 bits per heavy atom. The SMILES string of the molecule is [Cl][Pd][Cl].c1ccc(P(CCP(c2ccccc2)c2ccccc2)c2ccccc2)cc1.c1ccc(P(CCP(c2ccccc2)c2ccccc2)c2ccccc2)cc1. The van der Waals surface area contributed by atoms with E-state index in [0.29, 0.717) is 0 Å². The van der Waals surface area contributed by atoms with Gasteiger partial charge in [0.25, 0.3) is 0 Å². The van der Waals surface area contributed by atoms with Gasteiger partial charge in [-0.3, -0.25) is 0 Å². The van der Waals surface area contributed by atoms with Crippen molar-refractivity contribution in [3.63, 3.8) is 0 Å². The Bertz CT molecular complexity index is 1790. The number of halogens is 2. The molecule has 0 amide bonds. The second-order valence-corrected chi connectivity index (χ2v) is 25.0. The van der Waals surface area contributed by atoms with Gasteiger partial charge in [-0.15, -0.1) is 0 Å². The Morgan fingerprint density at radius 3 is 0.424 bits per heavy atom. The Morgan fingerprint density at radius 2 is 0.322 bits per heavy atom. The van der Waals surface area contributed by atoms with Gasteiger partial charge in [0.2, 0.25) is 0 Å². The van der Waals surface area contributed by atoms with E-state index in [2.05, 4.69) is 243 Å². The number of hydrogen-bond donors (Lipinski definition) is 0. The first-order valence-electron chi connectivity index (χ1n) is 19.6. The van der Waals surface area contributed by atoms with Crippen molar-refractivity contribution >= 4 is 93.2 Å². The summed E-state index contributed by atoms with van der Waals surface area (Å²) in [6.45, 7) is 0. The van der Waals surface area contributed by atoms with Crippen LogP contribution in [-0.4, -0.2) is 24.6 Å². The molecule has 0 fully saturated rings. The fourth-order valence-electron chi connectivity index (χ4n) is 6.89. The molecule has 59 heavy (non-hydrogen) atoms. The zero-order valence-corrected chi connectivity index (χ0v) is 39.4. The smallest absolute Gasteiger partial charge is 0.0195 e. The van der Waals surface area contributed by atoms with Crippen LogP contribution in [0.4, 0.5) is 0 Å². The van der Waals surface area contributed by atoms with Gasteiger partial charge in [0, 0.05) is 0 Å². The third kappa shape index (κ3) is 14.4. The van der Waals surface area contributed by atoms with Gasteiger partial charge in [0.05, 0.1) is 0 Å². The summed E-state index contributed by atoms with van der Waals surface area (Å²) in [5.74, 6) is 0. The summed E-state index contributed by atoms with van der Waals surface area (Å²) in [6.07, 6.45) is 4.83. The zero-order valence-electron chi connectivity index (χ0n) is 32.8. The van der Waals surface area contributed by atoms with Crippen LogP contribution in [-0.2, 0) is 15.9 Å². The number of hydrogen-bond acceptors (Lipinski definition) is 0. The Balaban J connectivity index is 0.000000186. The van der Waals surface area contributed by atoms with Gasteiger partial charge in [-0.1, -0.05) is 243 Å². The maximum Gasteiger partial charge on any atom is -0.0195 e. The first-order valence-corrected chi connectivity index (χ1v) is 29.7. The van der Waals surface area contributed by atoms with E-state index in [1.807, 2.05) is 0 Å². The molecule has 0 saturated heterocycles. The van der Waals surface area contributed by atoms with Crippen LogP contribution in [0.3, 0.4) is 0 Å².